The van der Waals surface area contributed by atoms with Crippen LogP contribution in [0.5, 0.6) is 0 Å². The first kappa shape index (κ1) is 28.0. The number of rotatable bonds is 12. The van der Waals surface area contributed by atoms with Crippen LogP contribution in [0.25, 0.3) is 0 Å². The summed E-state index contributed by atoms with van der Waals surface area (Å²) in [7, 11) is -3.85. The molecular weight excluding hydrogens is 497 g/mol. The molecule has 0 radical (unpaired) electrons. The maximum atomic E-state index is 13.6. The summed E-state index contributed by atoms with van der Waals surface area (Å²) in [6.45, 7) is 3.86. The number of anilines is 1. The summed E-state index contributed by atoms with van der Waals surface area (Å²) < 4.78 is 26.2. The molecule has 2 aromatic rings. The summed E-state index contributed by atoms with van der Waals surface area (Å²) in [4.78, 5) is 28.0. The number of unbranched alkanes of at least 4 members (excludes halogenated alkanes) is 1. The number of hydrogen-bond acceptors (Lipinski definition) is 4. The number of sulfonamides is 1. The number of amides is 2. The predicted octanol–water partition coefficient (Wildman–Crippen LogP) is 4.48. The van der Waals surface area contributed by atoms with Crippen molar-refractivity contribution in [1.82, 2.24) is 10.2 Å². The van der Waals surface area contributed by atoms with E-state index in [-0.39, 0.29) is 23.2 Å². The Kier molecular flexibility index (Phi) is 10.7. The lowest BCUT2D eigenvalue weighted by Gasteiger charge is -2.33. The Hall–Kier alpha value is -2.29. The number of para-hydroxylation sites is 1. The smallest absolute Gasteiger partial charge is 0.244 e. The van der Waals surface area contributed by atoms with Gasteiger partial charge in [0.05, 0.1) is 17.0 Å². The van der Waals surface area contributed by atoms with E-state index in [1.54, 1.807) is 49.4 Å². The van der Waals surface area contributed by atoms with E-state index >= 15 is 0 Å². The minimum atomic E-state index is -3.85. The fourth-order valence-corrected chi connectivity index (χ4v) is 4.83. The highest BCUT2D eigenvalue weighted by atomic mass is 35.5. The second kappa shape index (κ2) is 13.0. The van der Waals surface area contributed by atoms with Gasteiger partial charge in [-0.25, -0.2) is 8.42 Å². The van der Waals surface area contributed by atoms with E-state index in [4.69, 9.17) is 23.2 Å². The molecule has 0 saturated carbocycles. The van der Waals surface area contributed by atoms with E-state index < -0.39 is 28.5 Å². The molecule has 34 heavy (non-hydrogen) atoms. The second-order valence-electron chi connectivity index (χ2n) is 7.90. The summed E-state index contributed by atoms with van der Waals surface area (Å²) in [5.41, 5.74) is 0.846. The average molecular weight is 529 g/mol. The third kappa shape index (κ3) is 7.61. The number of hydrogen-bond donors (Lipinski definition) is 1. The average Bonchev–Trinajstić information content (AvgIpc) is 2.78. The highest BCUT2D eigenvalue weighted by Gasteiger charge is 2.32. The molecule has 0 spiro atoms. The SMILES string of the molecule is CCCCNC(=O)[C@H](CC)N(Cc1ccccc1Cl)C(=O)CN(c1ccccc1Cl)S(C)(=O)=O. The van der Waals surface area contributed by atoms with Crippen LogP contribution in [0, 0.1) is 0 Å². The molecule has 0 bridgehead atoms. The monoisotopic (exact) mass is 527 g/mol. The van der Waals surface area contributed by atoms with Crippen LogP contribution in [-0.4, -0.2) is 50.5 Å². The van der Waals surface area contributed by atoms with Gasteiger partial charge in [0.2, 0.25) is 21.8 Å². The van der Waals surface area contributed by atoms with Gasteiger partial charge >= 0.3 is 0 Å². The van der Waals surface area contributed by atoms with Crippen molar-refractivity contribution >= 4 is 50.7 Å². The first-order valence-electron chi connectivity index (χ1n) is 11.1. The zero-order valence-corrected chi connectivity index (χ0v) is 22.0. The fraction of sp³-hybridized carbons (Fsp3) is 0.417. The van der Waals surface area contributed by atoms with Crippen molar-refractivity contribution in [3.8, 4) is 0 Å². The van der Waals surface area contributed by atoms with Gasteiger partial charge in [-0.05, 0) is 36.6 Å². The van der Waals surface area contributed by atoms with E-state index in [0.717, 1.165) is 23.4 Å². The number of benzene rings is 2. The van der Waals surface area contributed by atoms with Crippen LogP contribution in [0.4, 0.5) is 5.69 Å². The van der Waals surface area contributed by atoms with E-state index in [2.05, 4.69) is 5.32 Å². The summed E-state index contributed by atoms with van der Waals surface area (Å²) >= 11 is 12.6. The quantitative estimate of drug-likeness (QED) is 0.412. The third-order valence-corrected chi connectivity index (χ3v) is 7.13. The summed E-state index contributed by atoms with van der Waals surface area (Å²) in [5, 5.41) is 3.52. The third-order valence-electron chi connectivity index (χ3n) is 5.31. The van der Waals surface area contributed by atoms with E-state index in [1.807, 2.05) is 6.92 Å². The minimum Gasteiger partial charge on any atom is -0.354 e. The van der Waals surface area contributed by atoms with Crippen molar-refractivity contribution in [3.63, 3.8) is 0 Å². The lowest BCUT2D eigenvalue weighted by molar-refractivity contribution is -0.140. The topological polar surface area (TPSA) is 86.8 Å². The zero-order chi connectivity index (χ0) is 25.3. The van der Waals surface area contributed by atoms with E-state index in [9.17, 15) is 18.0 Å². The van der Waals surface area contributed by atoms with Gasteiger partial charge in [-0.3, -0.25) is 13.9 Å². The minimum absolute atomic E-state index is 0.0539. The Bertz CT molecular complexity index is 1100. The summed E-state index contributed by atoms with van der Waals surface area (Å²) in [6, 6.07) is 12.6. The Morgan fingerprint density at radius 3 is 2.18 bits per heavy atom. The Morgan fingerprint density at radius 1 is 1.00 bits per heavy atom. The molecule has 0 aromatic heterocycles. The maximum absolute atomic E-state index is 13.6. The van der Waals surface area contributed by atoms with E-state index in [1.165, 1.54) is 11.0 Å². The van der Waals surface area contributed by atoms with Crippen LogP contribution < -0.4 is 9.62 Å². The standard InChI is InChI=1S/C24H31Cl2N3O4S/c1-4-6-15-27-24(31)21(5-2)28(16-18-11-7-8-12-19(18)25)23(30)17-29(34(3,32)33)22-14-10-9-13-20(22)26/h7-14,21H,4-6,15-17H2,1-3H3,(H,27,31)/t21-/m0/s1. The molecule has 1 N–H and O–H groups in total. The molecule has 1 atom stereocenters. The summed E-state index contributed by atoms with van der Waals surface area (Å²) in [5.74, 6) is -0.831. The molecule has 2 aromatic carbocycles. The fourth-order valence-electron chi connectivity index (χ4n) is 3.48. The molecule has 0 aliphatic rings. The number of carbonyl (C=O) groups is 2. The number of halogens is 2. The van der Waals surface area contributed by atoms with Crippen LogP contribution in [0.3, 0.4) is 0 Å². The van der Waals surface area contributed by atoms with Gasteiger partial charge in [0, 0.05) is 18.1 Å². The molecule has 0 heterocycles. The zero-order valence-electron chi connectivity index (χ0n) is 19.6. The first-order chi connectivity index (χ1) is 16.1. The van der Waals surface area contributed by atoms with Crippen molar-refractivity contribution in [3.05, 3.63) is 64.1 Å². The molecular formula is C24H31Cl2N3O4S. The number of carbonyl (C=O) groups excluding carboxylic acids is 2. The molecule has 186 valence electrons. The molecule has 0 saturated heterocycles. The lowest BCUT2D eigenvalue weighted by atomic mass is 10.1. The van der Waals surface area contributed by atoms with Gasteiger partial charge in [0.1, 0.15) is 12.6 Å². The molecule has 0 unspecified atom stereocenters. The van der Waals surface area contributed by atoms with Crippen LogP contribution in [-0.2, 0) is 26.2 Å². The number of nitrogens with zero attached hydrogens (tertiary/aromatic N) is 2. The second-order valence-corrected chi connectivity index (χ2v) is 10.6. The van der Waals surface area contributed by atoms with Gasteiger partial charge in [-0.1, -0.05) is 73.8 Å². The number of nitrogens with one attached hydrogen (secondary N) is 1. The molecule has 0 aliphatic carbocycles. The largest absolute Gasteiger partial charge is 0.354 e. The van der Waals surface area contributed by atoms with Gasteiger partial charge in [-0.15, -0.1) is 0 Å². The first-order valence-corrected chi connectivity index (χ1v) is 13.7. The van der Waals surface area contributed by atoms with Crippen LogP contribution in [0.1, 0.15) is 38.7 Å². The Morgan fingerprint density at radius 2 is 1.62 bits per heavy atom. The molecule has 0 fully saturated rings. The highest BCUT2D eigenvalue weighted by Crippen LogP contribution is 2.28. The predicted molar refractivity (Wildman–Crippen MR) is 138 cm³/mol. The molecule has 7 nitrogen and oxygen atoms in total. The van der Waals surface area contributed by atoms with Crippen molar-refractivity contribution in [2.45, 2.75) is 45.7 Å². The van der Waals surface area contributed by atoms with Crippen LogP contribution in [0.2, 0.25) is 10.0 Å². The van der Waals surface area contributed by atoms with Crippen LogP contribution >= 0.6 is 23.2 Å². The molecule has 0 aliphatic heterocycles. The van der Waals surface area contributed by atoms with E-state index in [0.29, 0.717) is 23.6 Å². The molecule has 10 heteroatoms. The molecule has 2 rings (SSSR count). The van der Waals surface area contributed by atoms with Crippen LogP contribution in [0.15, 0.2) is 48.5 Å². The van der Waals surface area contributed by atoms with Crippen molar-refractivity contribution < 1.29 is 18.0 Å². The Balaban J connectivity index is 2.43. The van der Waals surface area contributed by atoms with Crippen molar-refractivity contribution in [1.29, 1.82) is 0 Å². The van der Waals surface area contributed by atoms with Crippen molar-refractivity contribution in [2.75, 3.05) is 23.7 Å². The molecule has 2 amide bonds. The maximum Gasteiger partial charge on any atom is 0.244 e. The van der Waals surface area contributed by atoms with Gasteiger partial charge in [-0.2, -0.15) is 0 Å². The van der Waals surface area contributed by atoms with Crippen molar-refractivity contribution in [2.24, 2.45) is 0 Å². The van der Waals surface area contributed by atoms with Gasteiger partial charge in [0.15, 0.2) is 0 Å². The Labute approximate surface area is 212 Å². The van der Waals surface area contributed by atoms with Gasteiger partial charge < -0.3 is 10.2 Å². The normalized spacial score (nSPS) is 12.1. The van der Waals surface area contributed by atoms with Gasteiger partial charge in [0.25, 0.3) is 0 Å². The summed E-state index contributed by atoms with van der Waals surface area (Å²) in [6.07, 6.45) is 3.09. The lowest BCUT2D eigenvalue weighted by Crippen LogP contribution is -2.52. The highest BCUT2D eigenvalue weighted by molar-refractivity contribution is 7.92.